The summed E-state index contributed by atoms with van der Waals surface area (Å²) in [6.45, 7) is 8.43. The molecule has 0 aliphatic carbocycles. The topological polar surface area (TPSA) is 73.5 Å². The van der Waals surface area contributed by atoms with Gasteiger partial charge in [0.1, 0.15) is 11.4 Å². The Bertz CT molecular complexity index is 1380. The van der Waals surface area contributed by atoms with Crippen LogP contribution in [-0.4, -0.2) is 35.3 Å². The molecule has 224 valence electrons. The molecule has 3 heterocycles. The second-order valence-corrected chi connectivity index (χ2v) is 10.7. The average molecular weight is 571 g/mol. The van der Waals surface area contributed by atoms with E-state index in [9.17, 15) is 0 Å². The van der Waals surface area contributed by atoms with Crippen LogP contribution in [0.1, 0.15) is 24.0 Å². The van der Waals surface area contributed by atoms with Crippen molar-refractivity contribution in [1.29, 1.82) is 0 Å². The number of rotatable bonds is 6. The van der Waals surface area contributed by atoms with Gasteiger partial charge in [-0.3, -0.25) is 0 Å². The van der Waals surface area contributed by atoms with Crippen LogP contribution in [0.2, 0.25) is 0 Å². The lowest BCUT2D eigenvalue weighted by Crippen LogP contribution is -2.37. The zero-order chi connectivity index (χ0) is 28.2. The quantitative estimate of drug-likeness (QED) is 0.151. The highest BCUT2D eigenvalue weighted by Gasteiger charge is 2.18. The van der Waals surface area contributed by atoms with E-state index in [0.29, 0.717) is 0 Å². The third-order valence-corrected chi connectivity index (χ3v) is 7.55. The number of anilines is 2. The number of hydrogen-bond donors (Lipinski definition) is 0. The van der Waals surface area contributed by atoms with Gasteiger partial charge in [-0.05, 0) is 74.2 Å². The van der Waals surface area contributed by atoms with Crippen molar-refractivity contribution in [1.82, 2.24) is 9.13 Å². The third-order valence-electron chi connectivity index (χ3n) is 7.55. The first-order valence-corrected chi connectivity index (χ1v) is 13.9. The number of aryl methyl sites for hydroxylation is 6. The third kappa shape index (κ3) is 7.10. The molecule has 1 aliphatic heterocycles. The van der Waals surface area contributed by atoms with Gasteiger partial charge in [-0.2, -0.15) is 0 Å². The van der Waals surface area contributed by atoms with Crippen LogP contribution < -0.4 is 18.9 Å². The van der Waals surface area contributed by atoms with E-state index in [2.05, 4.69) is 80.5 Å². The van der Waals surface area contributed by atoms with Crippen LogP contribution in [0.4, 0.5) is 34.6 Å². The van der Waals surface area contributed by atoms with E-state index in [1.54, 1.807) is 0 Å². The Morgan fingerprint density at radius 1 is 0.595 bits per heavy atom. The van der Waals surface area contributed by atoms with E-state index < -0.39 is 0 Å². The number of imidazole rings is 2. The van der Waals surface area contributed by atoms with Gasteiger partial charge in [0.05, 0.1) is 53.0 Å². The smallest absolute Gasteiger partial charge is 0.371 e. The second kappa shape index (κ2) is 14.0. The molecule has 2 aromatic heterocycles. The molecule has 0 unspecified atom stereocenters. The van der Waals surface area contributed by atoms with Crippen LogP contribution in [0.3, 0.4) is 0 Å². The lowest BCUT2D eigenvalue weighted by Gasteiger charge is -2.34. The van der Waals surface area contributed by atoms with E-state index in [1.807, 2.05) is 71.2 Å². The molecule has 0 saturated carbocycles. The fourth-order valence-corrected chi connectivity index (χ4v) is 5.37. The Balaban J connectivity index is 0.00000242. The Kier molecular flexibility index (Phi) is 10.7. The lowest BCUT2D eigenvalue weighted by atomic mass is 10.1. The summed E-state index contributed by atoms with van der Waals surface area (Å²) in [5.74, 6) is 1.62. The van der Waals surface area contributed by atoms with Gasteiger partial charge in [-0.1, -0.05) is 10.2 Å². The molecule has 42 heavy (non-hydrogen) atoms. The van der Waals surface area contributed by atoms with Crippen molar-refractivity contribution in [3.63, 3.8) is 0 Å². The fourth-order valence-electron chi connectivity index (χ4n) is 5.37. The first-order valence-electron chi connectivity index (χ1n) is 13.9. The summed E-state index contributed by atoms with van der Waals surface area (Å²) < 4.78 is 7.84. The van der Waals surface area contributed by atoms with Crippen molar-refractivity contribution in [2.45, 2.75) is 26.7 Å². The molecule has 1 fully saturated rings. The zero-order valence-corrected chi connectivity index (χ0v) is 26.5. The molecule has 4 aromatic rings. The van der Waals surface area contributed by atoms with Crippen molar-refractivity contribution >= 4 is 34.6 Å². The minimum Gasteiger partial charge on any atom is -0.371 e. The summed E-state index contributed by atoms with van der Waals surface area (Å²) in [5.41, 5.74) is 6.78. The number of aromatic nitrogens is 4. The minimum absolute atomic E-state index is 0. The molecular weight excluding hydrogens is 524 g/mol. The minimum atomic E-state index is 0. The first kappa shape index (κ1) is 32.2. The summed E-state index contributed by atoms with van der Waals surface area (Å²) >= 11 is 0. The molecule has 0 bridgehead atoms. The van der Waals surface area contributed by atoms with Crippen molar-refractivity contribution in [2.24, 2.45) is 48.6 Å². The Hall–Kier alpha value is -4.34. The van der Waals surface area contributed by atoms with Gasteiger partial charge < -0.3 is 24.7 Å². The van der Waals surface area contributed by atoms with Crippen LogP contribution in [-0.2, 0) is 28.2 Å². The monoisotopic (exact) mass is 570 g/mol. The van der Waals surface area contributed by atoms with Crippen molar-refractivity contribution in [2.75, 3.05) is 36.0 Å². The van der Waals surface area contributed by atoms with Gasteiger partial charge in [-0.25, -0.2) is 18.3 Å². The number of nitrogens with zero attached hydrogens (tertiary/aromatic N) is 10. The van der Waals surface area contributed by atoms with Gasteiger partial charge in [0, 0.05) is 47.8 Å². The molecule has 0 radical (unpaired) electrons. The van der Waals surface area contributed by atoms with E-state index in [0.717, 1.165) is 62.3 Å². The first-order chi connectivity index (χ1) is 19.3. The predicted octanol–water partition coefficient (Wildman–Crippen LogP) is 6.47. The lowest BCUT2D eigenvalue weighted by molar-refractivity contribution is -0.657. The van der Waals surface area contributed by atoms with Crippen molar-refractivity contribution in [3.05, 3.63) is 87.2 Å². The molecule has 0 spiro atoms. The number of benzene rings is 2. The van der Waals surface area contributed by atoms with Crippen LogP contribution in [0, 0.1) is 28.7 Å². The van der Waals surface area contributed by atoms with E-state index in [-0.39, 0.29) is 14.9 Å². The predicted molar refractivity (Wildman–Crippen MR) is 170 cm³/mol. The molecular formula is C32H46N10. The van der Waals surface area contributed by atoms with E-state index in [4.69, 9.17) is 0 Å². The number of hydrogen-bond acceptors (Lipinski definition) is 6. The molecule has 5 rings (SSSR count). The molecule has 0 amide bonds. The highest BCUT2D eigenvalue weighted by Crippen LogP contribution is 2.30. The Labute approximate surface area is 251 Å². The summed E-state index contributed by atoms with van der Waals surface area (Å²) in [6, 6.07) is 12.8. The van der Waals surface area contributed by atoms with Crippen molar-refractivity contribution in [3.8, 4) is 0 Å². The standard InChI is InChI=1S/C30H40N10.2CH3/c1-23-21-25(31-33-29-35(3)17-18-36(29)4)9-11-27(23)39-13-7-15-40(16-8-14-39)28-12-10-26(22-24(28)2)32-34-30-37(5)19-20-38(30)6;;/h9-12,17-22H,7-8,13-16H2,1-6H3;2*1H3/q+2;2*-1. The normalized spacial score (nSPS) is 14.1. The molecule has 1 aliphatic rings. The summed E-state index contributed by atoms with van der Waals surface area (Å²) in [6.07, 6.45) is 10.1. The zero-order valence-electron chi connectivity index (χ0n) is 26.5. The highest BCUT2D eigenvalue weighted by atomic mass is 15.3. The summed E-state index contributed by atoms with van der Waals surface area (Å²) in [5, 5.41) is 17.9. The Morgan fingerprint density at radius 2 is 0.976 bits per heavy atom. The maximum absolute atomic E-state index is 4.48. The van der Waals surface area contributed by atoms with Gasteiger partial charge in [0.2, 0.25) is 0 Å². The molecule has 0 atom stereocenters. The molecule has 1 saturated heterocycles. The molecule has 10 heteroatoms. The molecule has 0 N–H and O–H groups in total. The summed E-state index contributed by atoms with van der Waals surface area (Å²) in [7, 11) is 7.89. The maximum atomic E-state index is 4.48. The fraction of sp³-hybridized carbons (Fsp3) is 0.375. The van der Waals surface area contributed by atoms with Crippen LogP contribution in [0.25, 0.3) is 0 Å². The molecule has 2 aromatic carbocycles. The number of azo groups is 2. The van der Waals surface area contributed by atoms with Crippen molar-refractivity contribution < 1.29 is 9.13 Å². The van der Waals surface area contributed by atoms with Crippen LogP contribution >= 0.6 is 0 Å². The highest BCUT2D eigenvalue weighted by molar-refractivity contribution is 5.60. The van der Waals surface area contributed by atoms with E-state index >= 15 is 0 Å². The van der Waals surface area contributed by atoms with Gasteiger partial charge >= 0.3 is 11.9 Å². The van der Waals surface area contributed by atoms with E-state index in [1.165, 1.54) is 22.5 Å². The summed E-state index contributed by atoms with van der Waals surface area (Å²) in [4.78, 5) is 5.04. The average Bonchev–Trinajstić information content (AvgIpc) is 3.41. The molecule has 10 nitrogen and oxygen atoms in total. The van der Waals surface area contributed by atoms with Gasteiger partial charge in [0.15, 0.2) is 0 Å². The second-order valence-electron chi connectivity index (χ2n) is 10.7. The largest absolute Gasteiger partial charge is 0.421 e. The van der Waals surface area contributed by atoms with Gasteiger partial charge in [-0.15, -0.1) is 0 Å². The maximum Gasteiger partial charge on any atom is 0.421 e. The SMILES string of the molecule is Cc1cc(N=Nc2n(C)cc[n+]2C)ccc1N1CCCN(c2ccc(N=Nc3n(C)cc[n+]3C)cc2C)CCC1.[CH3-].[CH3-]. The van der Waals surface area contributed by atoms with Gasteiger partial charge in [0.25, 0.3) is 0 Å². The Morgan fingerprint density at radius 3 is 1.29 bits per heavy atom. The van der Waals surface area contributed by atoms with Crippen LogP contribution in [0.5, 0.6) is 0 Å². The van der Waals surface area contributed by atoms with Crippen LogP contribution in [0.15, 0.2) is 81.6 Å².